The van der Waals surface area contributed by atoms with Gasteiger partial charge in [-0.3, -0.25) is 10.00 Å². The van der Waals surface area contributed by atoms with E-state index in [-0.39, 0.29) is 0 Å². The van der Waals surface area contributed by atoms with Crippen LogP contribution < -0.4 is 5.32 Å². The quantitative estimate of drug-likeness (QED) is 0.776. The molecule has 14 heavy (non-hydrogen) atoms. The third kappa shape index (κ3) is 1.71. The fourth-order valence-corrected chi connectivity index (χ4v) is 1.59. The fourth-order valence-electron chi connectivity index (χ4n) is 1.59. The van der Waals surface area contributed by atoms with E-state index >= 15 is 0 Å². The number of aromatic nitrogens is 2. The van der Waals surface area contributed by atoms with Gasteiger partial charge in [0.2, 0.25) is 0 Å². The van der Waals surface area contributed by atoms with E-state index in [9.17, 15) is 4.79 Å². The summed E-state index contributed by atoms with van der Waals surface area (Å²) in [6.07, 6.45) is 1.74. The summed E-state index contributed by atoms with van der Waals surface area (Å²) in [5.74, 6) is 0.582. The van der Waals surface area contributed by atoms with Crippen molar-refractivity contribution < 1.29 is 9.53 Å². The molecule has 1 N–H and O–H groups in total. The van der Waals surface area contributed by atoms with E-state index in [4.69, 9.17) is 4.74 Å². The Morgan fingerprint density at radius 1 is 1.79 bits per heavy atom. The van der Waals surface area contributed by atoms with Crippen LogP contribution in [0.5, 0.6) is 0 Å². The van der Waals surface area contributed by atoms with Gasteiger partial charge < -0.3 is 4.74 Å². The van der Waals surface area contributed by atoms with Crippen molar-refractivity contribution in [1.29, 1.82) is 0 Å². The molecule has 0 aliphatic carbocycles. The molecule has 1 amide bonds. The maximum Gasteiger partial charge on any atom is 0.412 e. The molecule has 5 heteroatoms. The molecule has 1 aliphatic rings. The zero-order valence-electron chi connectivity index (χ0n) is 8.12. The van der Waals surface area contributed by atoms with Crippen molar-refractivity contribution in [2.75, 3.05) is 11.9 Å². The van der Waals surface area contributed by atoms with E-state index in [0.717, 1.165) is 19.4 Å². The molecule has 0 saturated heterocycles. The Morgan fingerprint density at radius 2 is 2.64 bits per heavy atom. The van der Waals surface area contributed by atoms with Crippen LogP contribution in [0.4, 0.5) is 10.6 Å². The lowest BCUT2D eigenvalue weighted by Crippen LogP contribution is -2.13. The van der Waals surface area contributed by atoms with Crippen molar-refractivity contribution in [3.05, 3.63) is 11.8 Å². The number of hydrogen-bond donors (Lipinski definition) is 1. The van der Waals surface area contributed by atoms with E-state index in [1.165, 1.54) is 5.69 Å². The summed E-state index contributed by atoms with van der Waals surface area (Å²) in [5.41, 5.74) is 1.18. The highest BCUT2D eigenvalue weighted by Crippen LogP contribution is 2.17. The predicted octanol–water partition coefficient (Wildman–Crippen LogP) is 1.40. The van der Waals surface area contributed by atoms with Gasteiger partial charge in [-0.05, 0) is 19.8 Å². The van der Waals surface area contributed by atoms with Gasteiger partial charge in [0.1, 0.15) is 0 Å². The Bertz CT molecular complexity index is 324. The lowest BCUT2D eigenvalue weighted by atomic mass is 10.3. The molecular weight excluding hydrogens is 182 g/mol. The number of amides is 1. The number of aryl methyl sites for hydroxylation is 2. The van der Waals surface area contributed by atoms with Crippen LogP contribution in [0.3, 0.4) is 0 Å². The SMILES string of the molecule is CCOC(=O)Nc1cc2n(n1)CCC2. The molecule has 1 aromatic rings. The highest BCUT2D eigenvalue weighted by atomic mass is 16.5. The van der Waals surface area contributed by atoms with E-state index in [0.29, 0.717) is 12.4 Å². The molecule has 2 heterocycles. The number of anilines is 1. The Kier molecular flexibility index (Phi) is 2.39. The van der Waals surface area contributed by atoms with E-state index < -0.39 is 6.09 Å². The second-order valence-corrected chi connectivity index (χ2v) is 3.19. The minimum Gasteiger partial charge on any atom is -0.450 e. The molecule has 1 aliphatic heterocycles. The first-order chi connectivity index (χ1) is 6.79. The van der Waals surface area contributed by atoms with Crippen molar-refractivity contribution in [2.24, 2.45) is 0 Å². The number of nitrogens with zero attached hydrogens (tertiary/aromatic N) is 2. The topological polar surface area (TPSA) is 56.1 Å². The summed E-state index contributed by atoms with van der Waals surface area (Å²) in [6.45, 7) is 3.09. The zero-order chi connectivity index (χ0) is 9.97. The number of hydrogen-bond acceptors (Lipinski definition) is 3. The van der Waals surface area contributed by atoms with Crippen LogP contribution in [0, 0.1) is 0 Å². The van der Waals surface area contributed by atoms with Crippen LogP contribution in [0.15, 0.2) is 6.07 Å². The minimum atomic E-state index is -0.440. The molecule has 0 radical (unpaired) electrons. The molecule has 2 rings (SSSR count). The molecule has 5 nitrogen and oxygen atoms in total. The molecule has 0 spiro atoms. The maximum atomic E-state index is 11.1. The third-order valence-corrected chi connectivity index (χ3v) is 2.17. The van der Waals surface area contributed by atoms with Gasteiger partial charge in [-0.15, -0.1) is 0 Å². The first kappa shape index (κ1) is 9.05. The Morgan fingerprint density at radius 3 is 3.36 bits per heavy atom. The Labute approximate surface area is 82.0 Å². The van der Waals surface area contributed by atoms with Gasteiger partial charge in [0.05, 0.1) is 6.61 Å². The van der Waals surface area contributed by atoms with Gasteiger partial charge in [0.15, 0.2) is 5.82 Å². The lowest BCUT2D eigenvalue weighted by molar-refractivity contribution is 0.168. The number of fused-ring (bicyclic) bond motifs is 1. The summed E-state index contributed by atoms with van der Waals surface area (Å²) >= 11 is 0. The molecule has 0 atom stereocenters. The molecular formula is C9H13N3O2. The van der Waals surface area contributed by atoms with Crippen LogP contribution in [0.25, 0.3) is 0 Å². The second kappa shape index (κ2) is 3.69. The minimum absolute atomic E-state index is 0.374. The highest BCUT2D eigenvalue weighted by Gasteiger charge is 2.14. The van der Waals surface area contributed by atoms with Crippen molar-refractivity contribution >= 4 is 11.9 Å². The summed E-state index contributed by atoms with van der Waals surface area (Å²) in [5, 5.41) is 6.80. The fraction of sp³-hybridized carbons (Fsp3) is 0.556. The number of ether oxygens (including phenoxy) is 1. The molecule has 76 valence electrons. The summed E-state index contributed by atoms with van der Waals surface area (Å²) in [6, 6.07) is 1.89. The van der Waals surface area contributed by atoms with E-state index in [2.05, 4.69) is 10.4 Å². The van der Waals surface area contributed by atoms with Gasteiger partial charge in [0, 0.05) is 18.3 Å². The van der Waals surface area contributed by atoms with E-state index in [1.807, 2.05) is 10.7 Å². The van der Waals surface area contributed by atoms with Crippen molar-refractivity contribution in [1.82, 2.24) is 9.78 Å². The van der Waals surface area contributed by atoms with Crippen molar-refractivity contribution in [3.8, 4) is 0 Å². The summed E-state index contributed by atoms with van der Waals surface area (Å²) in [4.78, 5) is 11.1. The maximum absolute atomic E-state index is 11.1. The molecule has 0 saturated carbocycles. The number of carbonyl (C=O) groups excluding carboxylic acids is 1. The predicted molar refractivity (Wildman–Crippen MR) is 51.2 cm³/mol. The van der Waals surface area contributed by atoms with E-state index in [1.54, 1.807) is 6.92 Å². The molecule has 0 aromatic carbocycles. The standard InChI is InChI=1S/C9H13N3O2/c1-2-14-9(13)10-8-6-7-4-3-5-12(7)11-8/h6H,2-5H2,1H3,(H,10,11,13). The third-order valence-electron chi connectivity index (χ3n) is 2.17. The smallest absolute Gasteiger partial charge is 0.412 e. The van der Waals surface area contributed by atoms with Gasteiger partial charge in [-0.2, -0.15) is 5.10 Å². The van der Waals surface area contributed by atoms with Gasteiger partial charge >= 0.3 is 6.09 Å². The first-order valence-electron chi connectivity index (χ1n) is 4.80. The molecule has 0 fully saturated rings. The summed E-state index contributed by atoms with van der Waals surface area (Å²) < 4.78 is 6.67. The average Bonchev–Trinajstić information content (AvgIpc) is 2.63. The van der Waals surface area contributed by atoms with Crippen molar-refractivity contribution in [2.45, 2.75) is 26.3 Å². The average molecular weight is 195 g/mol. The lowest BCUT2D eigenvalue weighted by Gasteiger charge is -2.00. The Balaban J connectivity index is 2.00. The molecule has 1 aromatic heterocycles. The largest absolute Gasteiger partial charge is 0.450 e. The first-order valence-corrected chi connectivity index (χ1v) is 4.80. The molecule has 0 unspecified atom stereocenters. The normalized spacial score (nSPS) is 13.8. The van der Waals surface area contributed by atoms with Crippen molar-refractivity contribution in [3.63, 3.8) is 0 Å². The van der Waals surface area contributed by atoms with Crippen LogP contribution >= 0.6 is 0 Å². The highest BCUT2D eigenvalue weighted by molar-refractivity contribution is 5.83. The van der Waals surface area contributed by atoms with Crippen LogP contribution in [-0.2, 0) is 17.7 Å². The van der Waals surface area contributed by atoms with Crippen LogP contribution in [0.1, 0.15) is 19.0 Å². The molecule has 0 bridgehead atoms. The number of carbonyl (C=O) groups is 1. The summed E-state index contributed by atoms with van der Waals surface area (Å²) in [7, 11) is 0. The van der Waals surface area contributed by atoms with Crippen LogP contribution in [-0.4, -0.2) is 22.5 Å². The second-order valence-electron chi connectivity index (χ2n) is 3.19. The van der Waals surface area contributed by atoms with Gasteiger partial charge in [-0.1, -0.05) is 0 Å². The zero-order valence-corrected chi connectivity index (χ0v) is 8.12. The van der Waals surface area contributed by atoms with Crippen LogP contribution in [0.2, 0.25) is 0 Å². The number of rotatable bonds is 2. The number of nitrogens with one attached hydrogen (secondary N) is 1. The van der Waals surface area contributed by atoms with Gasteiger partial charge in [-0.25, -0.2) is 4.79 Å². The van der Waals surface area contributed by atoms with Gasteiger partial charge in [0.25, 0.3) is 0 Å². The monoisotopic (exact) mass is 195 g/mol. The Hall–Kier alpha value is -1.52.